The fraction of sp³-hybridized carbons (Fsp3) is 0.212. The zero-order chi connectivity index (χ0) is 38.0. The first-order valence-electron chi connectivity index (χ1n) is 19.6. The Hall–Kier alpha value is -5.93. The quantitative estimate of drug-likeness (QED) is 0.177. The Morgan fingerprint density at radius 2 is 1.09 bits per heavy atom. The maximum atomic E-state index is 5.22. The summed E-state index contributed by atoms with van der Waals surface area (Å²) in [5.41, 5.74) is 16.0. The molecule has 9 rings (SSSR count). The number of allylic oxidation sites excluding steroid dienone is 3. The van der Waals surface area contributed by atoms with E-state index >= 15 is 0 Å². The summed E-state index contributed by atoms with van der Waals surface area (Å²) < 4.78 is 2.55. The van der Waals surface area contributed by atoms with E-state index in [0.717, 1.165) is 24.2 Å². The molecule has 2 aliphatic rings. The molecule has 0 saturated carbocycles. The van der Waals surface area contributed by atoms with E-state index in [1.165, 1.54) is 72.0 Å². The lowest BCUT2D eigenvalue weighted by atomic mass is 9.65. The van der Waals surface area contributed by atoms with Crippen molar-refractivity contribution in [3.8, 4) is 11.1 Å². The van der Waals surface area contributed by atoms with Crippen molar-refractivity contribution < 1.29 is 0 Å². The van der Waals surface area contributed by atoms with Crippen molar-refractivity contribution in [2.45, 2.75) is 70.6 Å². The normalized spacial score (nSPS) is 16.1. The van der Waals surface area contributed by atoms with Crippen LogP contribution >= 0.6 is 0 Å². The minimum absolute atomic E-state index is 0.0160. The number of hydrogen-bond acceptors (Lipinski definition) is 2. The number of benzene rings is 6. The van der Waals surface area contributed by atoms with Gasteiger partial charge >= 0.3 is 0 Å². The number of fused-ring (bicyclic) bond motifs is 8. The highest BCUT2D eigenvalue weighted by Gasteiger charge is 2.47. The number of aromatic nitrogens is 1. The SMILES string of the molecule is CC(C)(C)c1ccc2c(c1)c1cc(C(C)(C)C)ccc1n2C1=C(C=Nc2ccccc2)CC2(C/C1=C\Nc1ccccc1)c1ccccc1-c1ccccc12. The van der Waals surface area contributed by atoms with Gasteiger partial charge in [-0.2, -0.15) is 0 Å². The number of hydrogen-bond donors (Lipinski definition) is 1. The zero-order valence-electron chi connectivity index (χ0n) is 32.8. The van der Waals surface area contributed by atoms with E-state index in [9.17, 15) is 0 Å². The van der Waals surface area contributed by atoms with Crippen LogP contribution in [0.15, 0.2) is 168 Å². The van der Waals surface area contributed by atoms with Gasteiger partial charge in [-0.3, -0.25) is 4.99 Å². The minimum atomic E-state index is -0.267. The second-order valence-electron chi connectivity index (χ2n) is 17.5. The smallest absolute Gasteiger partial charge is 0.0629 e. The lowest BCUT2D eigenvalue weighted by molar-refractivity contribution is 0.514. The molecule has 0 fully saturated rings. The number of para-hydroxylation sites is 2. The van der Waals surface area contributed by atoms with Crippen molar-refractivity contribution >= 4 is 45.1 Å². The van der Waals surface area contributed by atoms with Gasteiger partial charge < -0.3 is 9.88 Å². The van der Waals surface area contributed by atoms with Gasteiger partial charge in [0.15, 0.2) is 0 Å². The van der Waals surface area contributed by atoms with Crippen LogP contribution < -0.4 is 5.32 Å². The van der Waals surface area contributed by atoms with Gasteiger partial charge in [-0.25, -0.2) is 0 Å². The molecule has 1 aromatic heterocycles. The molecule has 0 atom stereocenters. The number of nitrogens with zero attached hydrogens (tertiary/aromatic N) is 2. The van der Waals surface area contributed by atoms with Crippen LogP contribution in [-0.4, -0.2) is 10.8 Å². The van der Waals surface area contributed by atoms with Gasteiger partial charge in [-0.15, -0.1) is 0 Å². The predicted octanol–water partition coefficient (Wildman–Crippen LogP) is 13.8. The summed E-state index contributed by atoms with van der Waals surface area (Å²) in [4.78, 5) is 5.22. The maximum Gasteiger partial charge on any atom is 0.0629 e. The molecule has 1 N–H and O–H groups in total. The molecule has 2 aliphatic carbocycles. The Morgan fingerprint density at radius 3 is 1.64 bits per heavy atom. The molecule has 0 amide bonds. The Bertz CT molecular complexity index is 2560. The molecule has 1 spiro atoms. The van der Waals surface area contributed by atoms with E-state index in [-0.39, 0.29) is 16.2 Å². The summed E-state index contributed by atoms with van der Waals surface area (Å²) in [7, 11) is 0. The molecular formula is C52H49N3. The molecule has 7 aromatic rings. The number of rotatable bonds is 5. The summed E-state index contributed by atoms with van der Waals surface area (Å²) in [6.07, 6.45) is 6.09. The van der Waals surface area contributed by atoms with E-state index in [0.29, 0.717) is 0 Å². The van der Waals surface area contributed by atoms with Gasteiger partial charge in [0.1, 0.15) is 0 Å². The summed E-state index contributed by atoms with van der Waals surface area (Å²) in [5.74, 6) is 0. The van der Waals surface area contributed by atoms with Crippen LogP contribution in [0.5, 0.6) is 0 Å². The average Bonchev–Trinajstić information content (AvgIpc) is 3.65. The van der Waals surface area contributed by atoms with Crippen LogP contribution in [0.25, 0.3) is 38.6 Å². The first kappa shape index (κ1) is 34.8. The van der Waals surface area contributed by atoms with Gasteiger partial charge in [0, 0.05) is 34.3 Å². The maximum absolute atomic E-state index is 5.22. The van der Waals surface area contributed by atoms with Crippen molar-refractivity contribution in [3.63, 3.8) is 0 Å². The molecule has 55 heavy (non-hydrogen) atoms. The molecule has 3 heteroatoms. The third-order valence-electron chi connectivity index (χ3n) is 11.8. The molecule has 272 valence electrons. The summed E-state index contributed by atoms with van der Waals surface area (Å²) in [6.45, 7) is 13.8. The highest BCUT2D eigenvalue weighted by molar-refractivity contribution is 6.13. The molecule has 0 radical (unpaired) electrons. The van der Waals surface area contributed by atoms with Crippen molar-refractivity contribution in [1.82, 2.24) is 4.57 Å². The van der Waals surface area contributed by atoms with E-state index in [4.69, 9.17) is 4.99 Å². The van der Waals surface area contributed by atoms with Gasteiger partial charge in [-0.1, -0.05) is 139 Å². The Kier molecular flexibility index (Phi) is 8.31. The predicted molar refractivity (Wildman–Crippen MR) is 235 cm³/mol. The number of aliphatic imine (C=N–C) groups is 1. The lowest BCUT2D eigenvalue weighted by Crippen LogP contribution is -2.32. The van der Waals surface area contributed by atoms with Crippen LogP contribution in [0, 0.1) is 0 Å². The molecule has 0 unspecified atom stereocenters. The highest BCUT2D eigenvalue weighted by atomic mass is 15.0. The van der Waals surface area contributed by atoms with E-state index in [1.807, 2.05) is 0 Å². The topological polar surface area (TPSA) is 29.3 Å². The molecule has 3 nitrogen and oxygen atoms in total. The molecule has 1 heterocycles. The summed E-state index contributed by atoms with van der Waals surface area (Å²) >= 11 is 0. The third-order valence-corrected chi connectivity index (χ3v) is 11.8. The highest BCUT2D eigenvalue weighted by Crippen LogP contribution is 2.58. The van der Waals surface area contributed by atoms with Crippen molar-refractivity contribution in [1.29, 1.82) is 0 Å². The molecule has 6 aromatic carbocycles. The number of anilines is 1. The summed E-state index contributed by atoms with van der Waals surface area (Å²) in [6, 6.07) is 53.3. The van der Waals surface area contributed by atoms with Crippen molar-refractivity contribution in [2.24, 2.45) is 4.99 Å². The van der Waals surface area contributed by atoms with Gasteiger partial charge in [0.05, 0.1) is 22.4 Å². The summed E-state index contributed by atoms with van der Waals surface area (Å²) in [5, 5.41) is 6.32. The molecule has 0 saturated heterocycles. The fourth-order valence-electron chi connectivity index (χ4n) is 8.96. The molecular weight excluding hydrogens is 667 g/mol. The van der Waals surface area contributed by atoms with Crippen LogP contribution in [0.2, 0.25) is 0 Å². The molecule has 0 bridgehead atoms. The van der Waals surface area contributed by atoms with Gasteiger partial charge in [0.25, 0.3) is 0 Å². The second kappa shape index (κ2) is 13.1. The first-order valence-corrected chi connectivity index (χ1v) is 19.6. The van der Waals surface area contributed by atoms with Crippen LogP contribution in [0.1, 0.15) is 76.6 Å². The average molecular weight is 716 g/mol. The Morgan fingerprint density at radius 1 is 0.582 bits per heavy atom. The van der Waals surface area contributed by atoms with Crippen molar-refractivity contribution in [3.05, 3.63) is 185 Å². The van der Waals surface area contributed by atoms with Crippen LogP contribution in [0.4, 0.5) is 11.4 Å². The third kappa shape index (κ3) is 6.03. The standard InChI is InChI=1S/C52H49N3/c1-50(2,3)37-25-27-47-43(29-37)44-30-38(51(4,5)6)26-28-48(44)55(47)49-35(33-53-39-17-9-7-10-18-39)31-52(32-36(49)34-54-40-19-11-8-12-20-40)45-23-15-13-21-41(45)42-22-14-16-24-46(42)52/h7-30,33-34,53H,31-32H2,1-6H3/b35-33+,54-34?. The fourth-order valence-corrected chi connectivity index (χ4v) is 8.96. The Labute approximate surface area is 325 Å². The zero-order valence-corrected chi connectivity index (χ0v) is 32.8. The second-order valence-corrected chi connectivity index (χ2v) is 17.5. The first-order chi connectivity index (χ1) is 26.5. The Balaban J connectivity index is 1.39. The van der Waals surface area contributed by atoms with E-state index < -0.39 is 0 Å². The van der Waals surface area contributed by atoms with Crippen LogP contribution in [0.3, 0.4) is 0 Å². The number of nitrogens with one attached hydrogen (secondary N) is 1. The molecule has 0 aliphatic heterocycles. The monoisotopic (exact) mass is 715 g/mol. The van der Waals surface area contributed by atoms with Crippen molar-refractivity contribution in [2.75, 3.05) is 5.32 Å². The largest absolute Gasteiger partial charge is 0.361 e. The lowest BCUT2D eigenvalue weighted by Gasteiger charge is -2.39. The van der Waals surface area contributed by atoms with E-state index in [2.05, 4.69) is 209 Å². The van der Waals surface area contributed by atoms with Gasteiger partial charge in [-0.05, 0) is 117 Å². The minimum Gasteiger partial charge on any atom is -0.361 e. The van der Waals surface area contributed by atoms with Crippen LogP contribution in [-0.2, 0) is 16.2 Å². The van der Waals surface area contributed by atoms with E-state index in [1.54, 1.807) is 0 Å². The van der Waals surface area contributed by atoms with Gasteiger partial charge in [0.2, 0.25) is 0 Å².